The van der Waals surface area contributed by atoms with Gasteiger partial charge in [0.1, 0.15) is 0 Å². The summed E-state index contributed by atoms with van der Waals surface area (Å²) in [5.74, 6) is 6.69. The second kappa shape index (κ2) is 4.26. The molecule has 2 rings (SSSR count). The highest BCUT2D eigenvalue weighted by Gasteiger charge is 2.21. The van der Waals surface area contributed by atoms with Crippen LogP contribution in [0.3, 0.4) is 0 Å². The van der Waals surface area contributed by atoms with Gasteiger partial charge in [0.05, 0.1) is 11.6 Å². The molecule has 1 aliphatic carbocycles. The highest BCUT2D eigenvalue weighted by atomic mass is 14.7. The quantitative estimate of drug-likeness (QED) is 0.674. The molecule has 0 saturated heterocycles. The average molecular weight is 186 g/mol. The van der Waals surface area contributed by atoms with Crippen molar-refractivity contribution < 1.29 is 0 Å². The lowest BCUT2D eigenvalue weighted by atomic mass is 10.1. The first-order chi connectivity index (χ1) is 6.92. The Labute approximate surface area is 84.5 Å². The molecule has 0 amide bonds. The lowest BCUT2D eigenvalue weighted by Crippen LogP contribution is -1.97. The summed E-state index contributed by atoms with van der Waals surface area (Å²) < 4.78 is 0. The molecule has 0 radical (unpaired) electrons. The van der Waals surface area contributed by atoms with Crippen molar-refractivity contribution in [3.8, 4) is 11.8 Å². The summed E-state index contributed by atoms with van der Waals surface area (Å²) in [5, 5.41) is 0. The normalized spacial score (nSPS) is 18.5. The molecule has 14 heavy (non-hydrogen) atoms. The zero-order chi connectivity index (χ0) is 9.80. The number of rotatable bonds is 1. The molecule has 2 nitrogen and oxygen atoms in total. The van der Waals surface area contributed by atoms with Gasteiger partial charge in [-0.15, -0.1) is 5.92 Å². The fourth-order valence-electron chi connectivity index (χ4n) is 1.82. The Bertz CT molecular complexity index is 373. The molecule has 0 fully saturated rings. The van der Waals surface area contributed by atoms with Crippen LogP contribution in [0.2, 0.25) is 0 Å². The Hall–Kier alpha value is -1.33. The van der Waals surface area contributed by atoms with Crippen LogP contribution in [0.1, 0.15) is 30.0 Å². The minimum atomic E-state index is 0.345. The summed E-state index contributed by atoms with van der Waals surface area (Å²) in [6.45, 7) is 0.648. The van der Waals surface area contributed by atoms with E-state index in [1.54, 1.807) is 0 Å². The first-order valence-corrected chi connectivity index (χ1v) is 5.04. The van der Waals surface area contributed by atoms with Gasteiger partial charge in [0.25, 0.3) is 0 Å². The van der Waals surface area contributed by atoms with Gasteiger partial charge in [0.2, 0.25) is 0 Å². The maximum absolute atomic E-state index is 5.39. The van der Waals surface area contributed by atoms with Crippen LogP contribution >= 0.6 is 0 Å². The van der Waals surface area contributed by atoms with Crippen molar-refractivity contribution in [3.05, 3.63) is 29.6 Å². The van der Waals surface area contributed by atoms with Crippen LogP contribution in [-0.4, -0.2) is 11.5 Å². The van der Waals surface area contributed by atoms with E-state index in [9.17, 15) is 0 Å². The predicted octanol–water partition coefficient (Wildman–Crippen LogP) is 1.46. The molecule has 2 heteroatoms. The molecule has 1 aromatic rings. The molecule has 72 valence electrons. The maximum Gasteiger partial charge on any atom is 0.0631 e. The van der Waals surface area contributed by atoms with Gasteiger partial charge in [0.15, 0.2) is 0 Å². The van der Waals surface area contributed by atoms with E-state index in [2.05, 4.69) is 22.9 Å². The first-order valence-electron chi connectivity index (χ1n) is 5.04. The number of nitrogens with two attached hydrogens (primary N) is 1. The largest absolute Gasteiger partial charge is 0.330 e. The van der Waals surface area contributed by atoms with Crippen molar-refractivity contribution >= 4 is 0 Å². The number of pyridine rings is 1. The molecule has 2 N–H and O–H groups in total. The van der Waals surface area contributed by atoms with Crippen LogP contribution in [-0.2, 0) is 6.42 Å². The third kappa shape index (κ3) is 1.78. The summed E-state index contributed by atoms with van der Waals surface area (Å²) in [4.78, 5) is 4.39. The summed E-state index contributed by atoms with van der Waals surface area (Å²) in [7, 11) is 0. The number of fused-ring (bicyclic) bond motifs is 1. The molecule has 1 atom stereocenters. The minimum Gasteiger partial charge on any atom is -0.330 e. The van der Waals surface area contributed by atoms with Crippen molar-refractivity contribution in [1.82, 2.24) is 4.98 Å². The molecular formula is C12H14N2. The standard InChI is InChI=1S/C12H14N2/c13-8-2-1-4-10-6-7-11-5-3-9-14-12(10)11/h3,5,9-10H,2,6-8,13H2. The monoisotopic (exact) mass is 186 g/mol. The Kier molecular flexibility index (Phi) is 2.81. The highest BCUT2D eigenvalue weighted by Crippen LogP contribution is 2.30. The van der Waals surface area contributed by atoms with Gasteiger partial charge < -0.3 is 5.73 Å². The fourth-order valence-corrected chi connectivity index (χ4v) is 1.82. The molecule has 0 bridgehead atoms. The molecule has 0 saturated carbocycles. The van der Waals surface area contributed by atoms with E-state index < -0.39 is 0 Å². The van der Waals surface area contributed by atoms with Gasteiger partial charge in [-0.2, -0.15) is 0 Å². The molecular weight excluding hydrogens is 172 g/mol. The zero-order valence-corrected chi connectivity index (χ0v) is 8.16. The van der Waals surface area contributed by atoms with Crippen molar-refractivity contribution in [2.45, 2.75) is 25.2 Å². The minimum absolute atomic E-state index is 0.345. The smallest absolute Gasteiger partial charge is 0.0631 e. The molecule has 0 spiro atoms. The zero-order valence-electron chi connectivity index (χ0n) is 8.16. The fraction of sp³-hybridized carbons (Fsp3) is 0.417. The molecule has 1 unspecified atom stereocenters. The van der Waals surface area contributed by atoms with E-state index in [4.69, 9.17) is 5.73 Å². The summed E-state index contributed by atoms with van der Waals surface area (Å²) in [6.07, 6.45) is 4.87. The van der Waals surface area contributed by atoms with Gasteiger partial charge in [0, 0.05) is 19.2 Å². The number of hydrogen-bond acceptors (Lipinski definition) is 2. The Balaban J connectivity index is 2.15. The number of nitrogens with zero attached hydrogens (tertiary/aromatic N) is 1. The molecule has 1 aromatic heterocycles. The van der Waals surface area contributed by atoms with Crippen LogP contribution in [0.5, 0.6) is 0 Å². The van der Waals surface area contributed by atoms with Crippen molar-refractivity contribution in [2.75, 3.05) is 6.54 Å². The lowest BCUT2D eigenvalue weighted by molar-refractivity contribution is 0.818. The van der Waals surface area contributed by atoms with Crippen LogP contribution in [0.4, 0.5) is 0 Å². The van der Waals surface area contributed by atoms with E-state index in [1.807, 2.05) is 12.3 Å². The SMILES string of the molecule is NCCC#CC1CCc2cccnc21. The van der Waals surface area contributed by atoms with E-state index >= 15 is 0 Å². The Morgan fingerprint density at radius 2 is 2.50 bits per heavy atom. The van der Waals surface area contributed by atoms with Gasteiger partial charge in [-0.1, -0.05) is 12.0 Å². The lowest BCUT2D eigenvalue weighted by Gasteiger charge is -2.00. The molecule has 1 heterocycles. The summed E-state index contributed by atoms with van der Waals surface area (Å²) in [6, 6.07) is 4.14. The van der Waals surface area contributed by atoms with E-state index in [0.29, 0.717) is 12.5 Å². The van der Waals surface area contributed by atoms with Gasteiger partial charge >= 0.3 is 0 Å². The van der Waals surface area contributed by atoms with Crippen molar-refractivity contribution in [2.24, 2.45) is 5.73 Å². The third-order valence-corrected chi connectivity index (χ3v) is 2.50. The van der Waals surface area contributed by atoms with Crippen LogP contribution in [0, 0.1) is 11.8 Å². The molecule has 0 aliphatic heterocycles. The van der Waals surface area contributed by atoms with Gasteiger partial charge in [-0.3, -0.25) is 4.98 Å². The second-order valence-electron chi connectivity index (χ2n) is 3.50. The Morgan fingerprint density at radius 1 is 1.57 bits per heavy atom. The van der Waals surface area contributed by atoms with Crippen LogP contribution in [0.15, 0.2) is 18.3 Å². The predicted molar refractivity (Wildman–Crippen MR) is 56.7 cm³/mol. The number of aromatic nitrogens is 1. The summed E-state index contributed by atoms with van der Waals surface area (Å²) in [5.41, 5.74) is 7.93. The third-order valence-electron chi connectivity index (χ3n) is 2.50. The summed E-state index contributed by atoms with van der Waals surface area (Å²) >= 11 is 0. The van der Waals surface area contributed by atoms with Crippen molar-refractivity contribution in [3.63, 3.8) is 0 Å². The number of hydrogen-bond donors (Lipinski definition) is 1. The van der Waals surface area contributed by atoms with Crippen LogP contribution in [0.25, 0.3) is 0 Å². The first kappa shape index (κ1) is 9.23. The highest BCUT2D eigenvalue weighted by molar-refractivity contribution is 5.34. The van der Waals surface area contributed by atoms with Gasteiger partial charge in [-0.25, -0.2) is 0 Å². The second-order valence-corrected chi connectivity index (χ2v) is 3.50. The van der Waals surface area contributed by atoms with Crippen LogP contribution < -0.4 is 5.73 Å². The maximum atomic E-state index is 5.39. The van der Waals surface area contributed by atoms with E-state index in [0.717, 1.165) is 19.3 Å². The molecule has 1 aliphatic rings. The number of aryl methyl sites for hydroxylation is 1. The Morgan fingerprint density at radius 3 is 3.36 bits per heavy atom. The van der Waals surface area contributed by atoms with Crippen molar-refractivity contribution in [1.29, 1.82) is 0 Å². The van der Waals surface area contributed by atoms with Gasteiger partial charge in [-0.05, 0) is 24.5 Å². The topological polar surface area (TPSA) is 38.9 Å². The van der Waals surface area contributed by atoms with E-state index in [-0.39, 0.29) is 0 Å². The molecule has 0 aromatic carbocycles. The average Bonchev–Trinajstić information content (AvgIpc) is 2.63. The van der Waals surface area contributed by atoms with E-state index in [1.165, 1.54) is 11.3 Å².